The zero-order valence-corrected chi connectivity index (χ0v) is 24.3. The number of nitrogens with zero attached hydrogens (tertiary/aromatic N) is 2. The van der Waals surface area contributed by atoms with Crippen LogP contribution in [0.3, 0.4) is 0 Å². The Kier molecular flexibility index (Phi) is 11.0. The molecule has 2 aliphatic heterocycles. The van der Waals surface area contributed by atoms with Gasteiger partial charge in [-0.3, -0.25) is 14.5 Å². The van der Waals surface area contributed by atoms with Gasteiger partial charge in [0.05, 0.1) is 31.4 Å². The molecule has 0 radical (unpaired) electrons. The van der Waals surface area contributed by atoms with E-state index in [9.17, 15) is 14.7 Å². The number of carbonyl (C=O) groups excluding carboxylic acids is 2. The van der Waals surface area contributed by atoms with E-state index in [1.165, 1.54) is 0 Å². The number of hydrogen-bond acceptors (Lipinski definition) is 7. The number of likely N-dealkylation sites (tertiary alicyclic amines) is 1. The van der Waals surface area contributed by atoms with Gasteiger partial charge in [0.2, 0.25) is 0 Å². The monoisotopic (exact) mass is 562 g/mol. The Morgan fingerprint density at radius 2 is 1.80 bits per heavy atom. The lowest BCUT2D eigenvalue weighted by Gasteiger charge is -2.29. The summed E-state index contributed by atoms with van der Waals surface area (Å²) in [5.74, 6) is -0.0669. The van der Waals surface area contributed by atoms with E-state index in [0.29, 0.717) is 50.7 Å². The normalized spacial score (nSPS) is 19.0. The highest BCUT2D eigenvalue weighted by Gasteiger charge is 2.45. The Hall–Kier alpha value is -3.62. The standard InChI is InChI=1S/C33H42N2O6/c1-4-6-7-20-40-27-12-9-25(10-13-27)30-29(31(36)26-11-14-28(24(3)23-26)41-19-5-2)32(37)33(38)35(30)16-8-15-34-17-21-39-22-18-34/h5,9-14,23,30,36H,2,4,6-8,15-22H2,1,3H3. The third-order valence-electron chi connectivity index (χ3n) is 7.53. The predicted octanol–water partition coefficient (Wildman–Crippen LogP) is 5.27. The van der Waals surface area contributed by atoms with Crippen LogP contribution in [0, 0.1) is 6.92 Å². The molecule has 220 valence electrons. The molecule has 0 saturated carbocycles. The van der Waals surface area contributed by atoms with Gasteiger partial charge in [0.1, 0.15) is 23.9 Å². The molecule has 2 heterocycles. The number of ketones is 1. The number of aryl methyl sites for hydroxylation is 1. The van der Waals surface area contributed by atoms with Gasteiger partial charge in [-0.2, -0.15) is 0 Å². The van der Waals surface area contributed by atoms with Crippen molar-refractivity contribution in [2.75, 3.05) is 52.6 Å². The summed E-state index contributed by atoms with van der Waals surface area (Å²) in [4.78, 5) is 30.7. The van der Waals surface area contributed by atoms with Crippen LogP contribution in [0.15, 0.2) is 60.7 Å². The van der Waals surface area contributed by atoms with Gasteiger partial charge in [-0.15, -0.1) is 0 Å². The average molecular weight is 563 g/mol. The topological polar surface area (TPSA) is 88.5 Å². The lowest BCUT2D eigenvalue weighted by atomic mass is 9.94. The van der Waals surface area contributed by atoms with Crippen molar-refractivity contribution >= 4 is 17.4 Å². The molecule has 1 amide bonds. The van der Waals surface area contributed by atoms with Crippen molar-refractivity contribution < 1.29 is 28.9 Å². The first-order valence-corrected chi connectivity index (χ1v) is 14.6. The van der Waals surface area contributed by atoms with E-state index in [-0.39, 0.29) is 11.3 Å². The predicted molar refractivity (Wildman–Crippen MR) is 159 cm³/mol. The summed E-state index contributed by atoms with van der Waals surface area (Å²) >= 11 is 0. The van der Waals surface area contributed by atoms with Crippen LogP contribution in [0.1, 0.15) is 55.3 Å². The first-order valence-electron chi connectivity index (χ1n) is 14.6. The molecule has 0 aromatic heterocycles. The second-order valence-electron chi connectivity index (χ2n) is 10.5. The Morgan fingerprint density at radius 1 is 1.05 bits per heavy atom. The maximum Gasteiger partial charge on any atom is 0.295 e. The van der Waals surface area contributed by atoms with E-state index in [4.69, 9.17) is 14.2 Å². The van der Waals surface area contributed by atoms with E-state index < -0.39 is 17.7 Å². The molecule has 8 heteroatoms. The minimum atomic E-state index is -0.703. The molecule has 1 unspecified atom stereocenters. The van der Waals surface area contributed by atoms with Crippen molar-refractivity contribution in [3.8, 4) is 11.5 Å². The second-order valence-corrected chi connectivity index (χ2v) is 10.5. The van der Waals surface area contributed by atoms with Gasteiger partial charge in [-0.05, 0) is 61.2 Å². The molecule has 0 bridgehead atoms. The maximum atomic E-state index is 13.4. The molecular weight excluding hydrogens is 520 g/mol. The highest BCUT2D eigenvalue weighted by Crippen LogP contribution is 2.40. The molecule has 2 aliphatic rings. The minimum Gasteiger partial charge on any atom is -0.507 e. The van der Waals surface area contributed by atoms with Gasteiger partial charge in [-0.1, -0.05) is 44.6 Å². The fourth-order valence-corrected chi connectivity index (χ4v) is 5.30. The van der Waals surface area contributed by atoms with E-state index >= 15 is 0 Å². The van der Waals surface area contributed by atoms with Crippen molar-refractivity contribution in [1.29, 1.82) is 0 Å². The van der Waals surface area contributed by atoms with Crippen LogP contribution in [0.5, 0.6) is 11.5 Å². The molecule has 1 atom stereocenters. The largest absolute Gasteiger partial charge is 0.507 e. The van der Waals surface area contributed by atoms with Crippen molar-refractivity contribution in [3.05, 3.63) is 77.4 Å². The van der Waals surface area contributed by atoms with Crippen molar-refractivity contribution in [2.45, 2.75) is 45.6 Å². The van der Waals surface area contributed by atoms with Crippen LogP contribution in [0.2, 0.25) is 0 Å². The van der Waals surface area contributed by atoms with E-state index in [1.807, 2.05) is 31.2 Å². The molecule has 2 fully saturated rings. The smallest absolute Gasteiger partial charge is 0.295 e. The van der Waals surface area contributed by atoms with Gasteiger partial charge in [-0.25, -0.2) is 0 Å². The minimum absolute atomic E-state index is 0.0946. The fourth-order valence-electron chi connectivity index (χ4n) is 5.30. The Balaban J connectivity index is 1.63. The average Bonchev–Trinajstić information content (AvgIpc) is 3.24. The third kappa shape index (κ3) is 7.57. The van der Waals surface area contributed by atoms with Crippen LogP contribution in [0.4, 0.5) is 0 Å². The molecule has 2 saturated heterocycles. The highest BCUT2D eigenvalue weighted by atomic mass is 16.5. The molecule has 4 rings (SSSR count). The summed E-state index contributed by atoms with van der Waals surface area (Å²) in [6, 6.07) is 12.0. The van der Waals surface area contributed by atoms with Crippen molar-refractivity contribution in [1.82, 2.24) is 9.80 Å². The third-order valence-corrected chi connectivity index (χ3v) is 7.53. The molecule has 41 heavy (non-hydrogen) atoms. The van der Waals surface area contributed by atoms with Gasteiger partial charge < -0.3 is 24.2 Å². The molecule has 2 aromatic carbocycles. The van der Waals surface area contributed by atoms with Gasteiger partial charge >= 0.3 is 0 Å². The first kappa shape index (κ1) is 30.3. The lowest BCUT2D eigenvalue weighted by molar-refractivity contribution is -0.140. The summed E-state index contributed by atoms with van der Waals surface area (Å²) in [5.41, 5.74) is 2.11. The second kappa shape index (κ2) is 14.8. The summed E-state index contributed by atoms with van der Waals surface area (Å²) in [6.07, 6.45) is 5.58. The Morgan fingerprint density at radius 3 is 2.49 bits per heavy atom. The molecule has 0 aliphatic carbocycles. The number of aliphatic hydroxyl groups is 1. The number of aliphatic hydroxyl groups excluding tert-OH is 1. The first-order chi connectivity index (χ1) is 19.9. The number of ether oxygens (including phenoxy) is 3. The zero-order chi connectivity index (χ0) is 29.2. The Labute approximate surface area is 243 Å². The van der Waals surface area contributed by atoms with Crippen LogP contribution < -0.4 is 9.47 Å². The van der Waals surface area contributed by atoms with Crippen molar-refractivity contribution in [2.24, 2.45) is 0 Å². The molecular formula is C33H42N2O6. The molecule has 8 nitrogen and oxygen atoms in total. The number of amides is 1. The number of hydrogen-bond donors (Lipinski definition) is 1. The van der Waals surface area contributed by atoms with Crippen LogP contribution in [0.25, 0.3) is 5.76 Å². The number of rotatable bonds is 14. The van der Waals surface area contributed by atoms with Crippen molar-refractivity contribution in [3.63, 3.8) is 0 Å². The lowest BCUT2D eigenvalue weighted by Crippen LogP contribution is -2.38. The highest BCUT2D eigenvalue weighted by molar-refractivity contribution is 6.46. The van der Waals surface area contributed by atoms with Gasteiger partial charge in [0.15, 0.2) is 0 Å². The summed E-state index contributed by atoms with van der Waals surface area (Å²) in [5, 5.41) is 11.5. The molecule has 1 N–H and O–H groups in total. The number of morpholine rings is 1. The quantitative estimate of drug-likeness (QED) is 0.110. The van der Waals surface area contributed by atoms with Crippen LogP contribution in [-0.2, 0) is 14.3 Å². The summed E-state index contributed by atoms with van der Waals surface area (Å²) in [7, 11) is 0. The molecule has 0 spiro atoms. The number of unbranched alkanes of at least 4 members (excludes halogenated alkanes) is 2. The SMILES string of the molecule is C=CCOc1ccc(C(O)=C2C(=O)C(=O)N(CCCN3CCOCC3)C2c2ccc(OCCCCC)cc2)cc1C. The van der Waals surface area contributed by atoms with Crippen LogP contribution in [-0.4, -0.2) is 79.2 Å². The number of Topliss-reactive ketones (excluding diaryl/α,β-unsaturated/α-hetero) is 1. The molecule has 2 aromatic rings. The Bertz CT molecular complexity index is 1230. The van der Waals surface area contributed by atoms with Gasteiger partial charge in [0, 0.05) is 31.7 Å². The van der Waals surface area contributed by atoms with E-state index in [1.54, 1.807) is 29.2 Å². The number of carbonyl (C=O) groups is 2. The summed E-state index contributed by atoms with van der Waals surface area (Å²) < 4.78 is 17.0. The van der Waals surface area contributed by atoms with Crippen LogP contribution >= 0.6 is 0 Å². The fraction of sp³-hybridized carbons (Fsp3) is 0.455. The van der Waals surface area contributed by atoms with E-state index in [2.05, 4.69) is 18.4 Å². The zero-order valence-electron chi connectivity index (χ0n) is 24.3. The van der Waals surface area contributed by atoms with E-state index in [0.717, 1.165) is 55.8 Å². The van der Waals surface area contributed by atoms with Gasteiger partial charge in [0.25, 0.3) is 11.7 Å². The summed E-state index contributed by atoms with van der Waals surface area (Å²) in [6.45, 7) is 13.0. The maximum absolute atomic E-state index is 13.4. The number of benzene rings is 2.